The number of aromatic nitrogens is 5. The van der Waals surface area contributed by atoms with E-state index < -0.39 is 0 Å². The zero-order valence-corrected chi connectivity index (χ0v) is 16.3. The molecule has 0 aliphatic heterocycles. The molecule has 0 atom stereocenters. The minimum absolute atomic E-state index is 0.268. The van der Waals surface area contributed by atoms with Gasteiger partial charge >= 0.3 is 0 Å². The fourth-order valence-electron chi connectivity index (χ4n) is 2.60. The zero-order chi connectivity index (χ0) is 19.5. The van der Waals surface area contributed by atoms with Crippen molar-refractivity contribution in [2.24, 2.45) is 0 Å². The number of halogens is 1. The summed E-state index contributed by atoms with van der Waals surface area (Å²) in [6.45, 7) is 2.04. The monoisotopic (exact) mass is 404 g/mol. The van der Waals surface area contributed by atoms with Crippen molar-refractivity contribution in [2.75, 3.05) is 0 Å². The van der Waals surface area contributed by atoms with Crippen molar-refractivity contribution in [3.63, 3.8) is 0 Å². The standard InChI is InChI=1S/C20H13ClN6S/c1-13-5-8-17(9-6-13)27-19(14-3-2-4-15(21)11-14)25-26-20(27)28-18-10-7-16(12-22)23-24-18/h2-11H,1H3. The molecule has 4 rings (SSSR count). The summed E-state index contributed by atoms with van der Waals surface area (Å²) >= 11 is 7.50. The predicted octanol–water partition coefficient (Wildman–Crippen LogP) is 4.71. The van der Waals surface area contributed by atoms with Crippen molar-refractivity contribution < 1.29 is 0 Å². The second-order valence-corrected chi connectivity index (χ2v) is 7.38. The molecular weight excluding hydrogens is 392 g/mol. The van der Waals surface area contributed by atoms with Gasteiger partial charge in [-0.1, -0.05) is 41.4 Å². The molecule has 0 amide bonds. The molecule has 0 N–H and O–H groups in total. The first-order valence-electron chi connectivity index (χ1n) is 8.34. The first kappa shape index (κ1) is 18.2. The van der Waals surface area contributed by atoms with E-state index >= 15 is 0 Å². The summed E-state index contributed by atoms with van der Waals surface area (Å²) in [5.41, 5.74) is 3.21. The van der Waals surface area contributed by atoms with Crippen LogP contribution in [0.4, 0.5) is 0 Å². The highest BCUT2D eigenvalue weighted by atomic mass is 35.5. The Morgan fingerprint density at radius 1 is 0.964 bits per heavy atom. The third-order valence-corrected chi connectivity index (χ3v) is 5.07. The van der Waals surface area contributed by atoms with E-state index in [1.165, 1.54) is 11.8 Å². The Morgan fingerprint density at radius 3 is 2.46 bits per heavy atom. The van der Waals surface area contributed by atoms with Crippen molar-refractivity contribution in [1.82, 2.24) is 25.0 Å². The van der Waals surface area contributed by atoms with E-state index in [1.54, 1.807) is 12.1 Å². The van der Waals surface area contributed by atoms with Crippen molar-refractivity contribution in [3.8, 4) is 23.1 Å². The van der Waals surface area contributed by atoms with Gasteiger partial charge in [0.05, 0.1) is 0 Å². The Bertz CT molecular complexity index is 1160. The lowest BCUT2D eigenvalue weighted by Gasteiger charge is -2.10. The molecule has 0 fully saturated rings. The summed E-state index contributed by atoms with van der Waals surface area (Å²) in [6, 6.07) is 20.9. The van der Waals surface area contributed by atoms with Gasteiger partial charge in [0, 0.05) is 16.3 Å². The van der Waals surface area contributed by atoms with Crippen molar-refractivity contribution in [1.29, 1.82) is 5.26 Å². The molecule has 0 aliphatic rings. The number of nitrogens with zero attached hydrogens (tertiary/aromatic N) is 6. The van der Waals surface area contributed by atoms with Crippen LogP contribution in [0.15, 0.2) is 70.8 Å². The van der Waals surface area contributed by atoms with Crippen LogP contribution in [0.2, 0.25) is 5.02 Å². The van der Waals surface area contributed by atoms with Crippen molar-refractivity contribution >= 4 is 23.4 Å². The van der Waals surface area contributed by atoms with Crippen LogP contribution in [-0.2, 0) is 0 Å². The fourth-order valence-corrected chi connectivity index (χ4v) is 3.56. The molecule has 2 aromatic carbocycles. The smallest absolute Gasteiger partial charge is 0.202 e. The molecule has 0 spiro atoms. The van der Waals surface area contributed by atoms with Gasteiger partial charge < -0.3 is 0 Å². The molecule has 2 heterocycles. The minimum Gasteiger partial charge on any atom is -0.270 e. The first-order valence-corrected chi connectivity index (χ1v) is 9.53. The van der Waals surface area contributed by atoms with Crippen LogP contribution in [0.5, 0.6) is 0 Å². The Labute approximate surface area is 170 Å². The van der Waals surface area contributed by atoms with Crippen LogP contribution in [0.3, 0.4) is 0 Å². The second-order valence-electron chi connectivity index (χ2n) is 5.96. The third kappa shape index (κ3) is 3.74. The Morgan fingerprint density at radius 2 is 1.79 bits per heavy atom. The van der Waals surface area contributed by atoms with Gasteiger partial charge in [0.15, 0.2) is 11.5 Å². The Balaban J connectivity index is 1.81. The fraction of sp³-hybridized carbons (Fsp3) is 0.0500. The number of aryl methyl sites for hydroxylation is 1. The van der Waals surface area contributed by atoms with Gasteiger partial charge in [-0.3, -0.25) is 4.57 Å². The van der Waals surface area contributed by atoms with Crippen LogP contribution < -0.4 is 0 Å². The molecule has 6 nitrogen and oxygen atoms in total. The van der Waals surface area contributed by atoms with E-state index in [0.29, 0.717) is 21.0 Å². The van der Waals surface area contributed by atoms with Gasteiger partial charge in [-0.2, -0.15) is 5.26 Å². The molecule has 8 heteroatoms. The highest BCUT2D eigenvalue weighted by Gasteiger charge is 2.17. The zero-order valence-electron chi connectivity index (χ0n) is 14.7. The van der Waals surface area contributed by atoms with E-state index in [0.717, 1.165) is 16.8 Å². The lowest BCUT2D eigenvalue weighted by molar-refractivity contribution is 0.868. The topological polar surface area (TPSA) is 80.3 Å². The van der Waals surface area contributed by atoms with E-state index in [4.69, 9.17) is 16.9 Å². The summed E-state index contributed by atoms with van der Waals surface area (Å²) in [7, 11) is 0. The van der Waals surface area contributed by atoms with Gasteiger partial charge in [0.2, 0.25) is 5.16 Å². The molecule has 0 radical (unpaired) electrons. The molecular formula is C20H13ClN6S. The molecule has 4 aromatic rings. The number of benzene rings is 2. The maximum absolute atomic E-state index is 8.89. The molecule has 136 valence electrons. The summed E-state index contributed by atoms with van der Waals surface area (Å²) in [6.07, 6.45) is 0. The summed E-state index contributed by atoms with van der Waals surface area (Å²) in [5.74, 6) is 0.676. The normalized spacial score (nSPS) is 10.6. The second kappa shape index (κ2) is 7.80. The van der Waals surface area contributed by atoms with Crippen molar-refractivity contribution in [2.45, 2.75) is 17.1 Å². The molecule has 2 aromatic heterocycles. The molecule has 0 saturated heterocycles. The van der Waals surface area contributed by atoms with Gasteiger partial charge in [0.25, 0.3) is 0 Å². The predicted molar refractivity (Wildman–Crippen MR) is 107 cm³/mol. The highest BCUT2D eigenvalue weighted by Crippen LogP contribution is 2.32. The number of rotatable bonds is 4. The van der Waals surface area contributed by atoms with E-state index in [1.807, 2.05) is 66.1 Å². The molecule has 0 saturated carbocycles. The minimum atomic E-state index is 0.268. The van der Waals surface area contributed by atoms with Crippen LogP contribution in [0.1, 0.15) is 11.3 Å². The number of hydrogen-bond acceptors (Lipinski definition) is 6. The highest BCUT2D eigenvalue weighted by molar-refractivity contribution is 7.99. The Hall–Kier alpha value is -3.21. The Kier molecular flexibility index (Phi) is 5.06. The molecule has 0 aliphatic carbocycles. The quantitative estimate of drug-likeness (QED) is 0.490. The largest absolute Gasteiger partial charge is 0.270 e. The van der Waals surface area contributed by atoms with Gasteiger partial charge in [0.1, 0.15) is 11.1 Å². The maximum atomic E-state index is 8.89. The lowest BCUT2D eigenvalue weighted by atomic mass is 10.2. The third-order valence-electron chi connectivity index (χ3n) is 3.96. The summed E-state index contributed by atoms with van der Waals surface area (Å²) in [5, 5.41) is 27.5. The summed E-state index contributed by atoms with van der Waals surface area (Å²) < 4.78 is 1.95. The number of nitriles is 1. The molecule has 0 unspecified atom stereocenters. The molecule has 0 bridgehead atoms. The van der Waals surface area contributed by atoms with E-state index in [-0.39, 0.29) is 5.69 Å². The van der Waals surface area contributed by atoms with Crippen LogP contribution in [-0.4, -0.2) is 25.0 Å². The van der Waals surface area contributed by atoms with E-state index in [2.05, 4.69) is 20.4 Å². The maximum Gasteiger partial charge on any atom is 0.202 e. The number of hydrogen-bond donors (Lipinski definition) is 0. The SMILES string of the molecule is Cc1ccc(-n2c(Sc3ccc(C#N)nn3)nnc2-c2cccc(Cl)c2)cc1. The van der Waals surface area contributed by atoms with Crippen molar-refractivity contribution in [3.05, 3.63) is 76.9 Å². The lowest BCUT2D eigenvalue weighted by Crippen LogP contribution is -2.00. The van der Waals surface area contributed by atoms with E-state index in [9.17, 15) is 0 Å². The van der Waals surface area contributed by atoms with Gasteiger partial charge in [-0.15, -0.1) is 20.4 Å². The van der Waals surface area contributed by atoms with Gasteiger partial charge in [-0.05, 0) is 55.1 Å². The first-order chi connectivity index (χ1) is 13.6. The van der Waals surface area contributed by atoms with Crippen LogP contribution >= 0.6 is 23.4 Å². The van der Waals surface area contributed by atoms with Crippen LogP contribution in [0, 0.1) is 18.3 Å². The molecule has 28 heavy (non-hydrogen) atoms. The van der Waals surface area contributed by atoms with Gasteiger partial charge in [-0.25, -0.2) is 0 Å². The summed E-state index contributed by atoms with van der Waals surface area (Å²) in [4.78, 5) is 0. The average molecular weight is 405 g/mol. The average Bonchev–Trinajstić information content (AvgIpc) is 3.13. The van der Waals surface area contributed by atoms with Crippen LogP contribution in [0.25, 0.3) is 17.1 Å².